The van der Waals surface area contributed by atoms with E-state index in [2.05, 4.69) is 36.4 Å². The van der Waals surface area contributed by atoms with Crippen molar-refractivity contribution >= 4 is 11.8 Å². The number of nitrogens with zero attached hydrogens (tertiary/aromatic N) is 1. The van der Waals surface area contributed by atoms with Crippen molar-refractivity contribution in [2.45, 2.75) is 52.0 Å². The minimum atomic E-state index is -0.0644. The second-order valence-electron chi connectivity index (χ2n) is 4.68. The SMILES string of the molecule is CC(C)C#CCO[C@H](CCCNC(C)C)SC#N. The van der Waals surface area contributed by atoms with E-state index in [-0.39, 0.29) is 5.44 Å². The zero-order valence-electron chi connectivity index (χ0n) is 11.8. The van der Waals surface area contributed by atoms with Crippen molar-refractivity contribution in [2.24, 2.45) is 5.92 Å². The van der Waals surface area contributed by atoms with Crippen LogP contribution in [0.1, 0.15) is 40.5 Å². The number of ether oxygens (including phenoxy) is 1. The first-order chi connectivity index (χ1) is 8.56. The fraction of sp³-hybridized carbons (Fsp3) is 0.786. The van der Waals surface area contributed by atoms with Gasteiger partial charge in [0, 0.05) is 12.0 Å². The van der Waals surface area contributed by atoms with Crippen molar-refractivity contribution < 1.29 is 4.74 Å². The largest absolute Gasteiger partial charge is 0.354 e. The zero-order chi connectivity index (χ0) is 13.8. The van der Waals surface area contributed by atoms with Gasteiger partial charge in [-0.2, -0.15) is 5.26 Å². The first-order valence-corrected chi connectivity index (χ1v) is 7.32. The first-order valence-electron chi connectivity index (χ1n) is 6.44. The standard InChI is InChI=1S/C14H24N2OS/c1-12(2)7-6-10-17-14(18-11-15)8-5-9-16-13(3)4/h12-14,16H,5,8-10H2,1-4H3/t14-/m0/s1. The van der Waals surface area contributed by atoms with E-state index in [0.29, 0.717) is 18.6 Å². The molecule has 0 amide bonds. The molecule has 0 aromatic carbocycles. The van der Waals surface area contributed by atoms with Gasteiger partial charge in [0.15, 0.2) is 0 Å². The molecule has 3 nitrogen and oxygen atoms in total. The van der Waals surface area contributed by atoms with E-state index in [4.69, 9.17) is 10.00 Å². The molecule has 0 saturated carbocycles. The van der Waals surface area contributed by atoms with Gasteiger partial charge in [-0.1, -0.05) is 39.5 Å². The van der Waals surface area contributed by atoms with Crippen LogP contribution in [0.25, 0.3) is 0 Å². The highest BCUT2D eigenvalue weighted by atomic mass is 32.2. The molecule has 18 heavy (non-hydrogen) atoms. The second-order valence-corrected chi connectivity index (χ2v) is 5.62. The number of thioether (sulfide) groups is 1. The van der Waals surface area contributed by atoms with E-state index < -0.39 is 0 Å². The van der Waals surface area contributed by atoms with Crippen LogP contribution in [0, 0.1) is 28.4 Å². The van der Waals surface area contributed by atoms with Gasteiger partial charge in [-0.15, -0.1) is 0 Å². The highest BCUT2D eigenvalue weighted by Crippen LogP contribution is 2.16. The number of nitrogens with one attached hydrogen (secondary N) is 1. The monoisotopic (exact) mass is 268 g/mol. The molecule has 1 atom stereocenters. The lowest BCUT2D eigenvalue weighted by atomic mass is 10.2. The van der Waals surface area contributed by atoms with Gasteiger partial charge in [-0.05, 0) is 31.1 Å². The quantitative estimate of drug-likeness (QED) is 0.318. The molecule has 0 aliphatic heterocycles. The van der Waals surface area contributed by atoms with Gasteiger partial charge in [0.1, 0.15) is 17.4 Å². The van der Waals surface area contributed by atoms with Crippen LogP contribution in [0.3, 0.4) is 0 Å². The minimum absolute atomic E-state index is 0.0644. The molecule has 0 aliphatic rings. The number of rotatable bonds is 8. The van der Waals surface area contributed by atoms with Gasteiger partial charge in [0.2, 0.25) is 0 Å². The maximum atomic E-state index is 8.71. The van der Waals surface area contributed by atoms with Gasteiger partial charge in [-0.3, -0.25) is 0 Å². The van der Waals surface area contributed by atoms with Crippen LogP contribution in [-0.4, -0.2) is 24.6 Å². The average molecular weight is 268 g/mol. The molecule has 1 N–H and O–H groups in total. The van der Waals surface area contributed by atoms with Crippen molar-refractivity contribution in [1.82, 2.24) is 5.32 Å². The minimum Gasteiger partial charge on any atom is -0.354 e. The second kappa shape index (κ2) is 11.4. The molecule has 0 bridgehead atoms. The highest BCUT2D eigenvalue weighted by Gasteiger charge is 2.08. The third kappa shape index (κ3) is 11.8. The molecular formula is C14H24N2OS. The molecule has 102 valence electrons. The van der Waals surface area contributed by atoms with Crippen LogP contribution in [-0.2, 0) is 4.74 Å². The molecule has 0 spiro atoms. The lowest BCUT2D eigenvalue weighted by Crippen LogP contribution is -2.24. The van der Waals surface area contributed by atoms with Crippen molar-refractivity contribution in [2.75, 3.05) is 13.2 Å². The molecule has 0 rings (SSSR count). The van der Waals surface area contributed by atoms with E-state index >= 15 is 0 Å². The summed E-state index contributed by atoms with van der Waals surface area (Å²) in [5, 5.41) is 14.1. The Morgan fingerprint density at radius 1 is 1.28 bits per heavy atom. The lowest BCUT2D eigenvalue weighted by molar-refractivity contribution is 0.135. The van der Waals surface area contributed by atoms with Crippen molar-refractivity contribution in [1.29, 1.82) is 5.26 Å². The van der Waals surface area contributed by atoms with Gasteiger partial charge in [0.05, 0.1) is 0 Å². The molecule has 0 radical (unpaired) electrons. The number of thiocyanates is 1. The summed E-state index contributed by atoms with van der Waals surface area (Å²) in [4.78, 5) is 0. The predicted octanol–water partition coefficient (Wildman–Crippen LogP) is 2.98. The van der Waals surface area contributed by atoms with E-state index in [1.807, 2.05) is 13.8 Å². The smallest absolute Gasteiger partial charge is 0.136 e. The Hall–Kier alpha value is -0.680. The highest BCUT2D eigenvalue weighted by molar-refractivity contribution is 8.04. The Bertz CT molecular complexity index is 299. The summed E-state index contributed by atoms with van der Waals surface area (Å²) in [5.74, 6) is 6.38. The molecule has 0 aliphatic carbocycles. The summed E-state index contributed by atoms with van der Waals surface area (Å²) in [7, 11) is 0. The van der Waals surface area contributed by atoms with Crippen LogP contribution >= 0.6 is 11.8 Å². The van der Waals surface area contributed by atoms with Crippen LogP contribution < -0.4 is 5.32 Å². The maximum absolute atomic E-state index is 8.71. The Morgan fingerprint density at radius 2 is 2.00 bits per heavy atom. The Morgan fingerprint density at radius 3 is 2.56 bits per heavy atom. The van der Waals surface area contributed by atoms with Crippen LogP contribution in [0.2, 0.25) is 0 Å². The summed E-state index contributed by atoms with van der Waals surface area (Å²) in [5.41, 5.74) is -0.0644. The Kier molecular flexibility index (Phi) is 11.0. The summed E-state index contributed by atoms with van der Waals surface area (Å²) in [6.45, 7) is 9.72. The van der Waals surface area contributed by atoms with Crippen molar-refractivity contribution in [3.63, 3.8) is 0 Å². The number of hydrogen-bond donors (Lipinski definition) is 1. The predicted molar refractivity (Wildman–Crippen MR) is 77.9 cm³/mol. The first kappa shape index (κ1) is 17.3. The van der Waals surface area contributed by atoms with E-state index in [1.165, 1.54) is 11.8 Å². The fourth-order valence-electron chi connectivity index (χ4n) is 1.27. The molecular weight excluding hydrogens is 244 g/mol. The zero-order valence-corrected chi connectivity index (χ0v) is 12.6. The van der Waals surface area contributed by atoms with Gasteiger partial charge in [-0.25, -0.2) is 0 Å². The van der Waals surface area contributed by atoms with Crippen molar-refractivity contribution in [3.05, 3.63) is 0 Å². The van der Waals surface area contributed by atoms with E-state index in [1.54, 1.807) is 0 Å². The molecule has 0 aromatic heterocycles. The average Bonchev–Trinajstić information content (AvgIpc) is 2.29. The molecule has 0 aromatic rings. The normalized spacial score (nSPS) is 12.1. The molecule has 4 heteroatoms. The lowest BCUT2D eigenvalue weighted by Gasteiger charge is -2.13. The molecule has 0 unspecified atom stereocenters. The third-order valence-corrected chi connectivity index (χ3v) is 2.83. The summed E-state index contributed by atoms with van der Waals surface area (Å²) in [6, 6.07) is 0.505. The van der Waals surface area contributed by atoms with Crippen LogP contribution in [0.4, 0.5) is 0 Å². The maximum Gasteiger partial charge on any atom is 0.136 e. The Balaban J connectivity index is 3.80. The van der Waals surface area contributed by atoms with Gasteiger partial charge < -0.3 is 10.1 Å². The number of nitriles is 1. The fourth-order valence-corrected chi connectivity index (χ4v) is 1.81. The number of hydrogen-bond acceptors (Lipinski definition) is 4. The summed E-state index contributed by atoms with van der Waals surface area (Å²) < 4.78 is 5.58. The van der Waals surface area contributed by atoms with E-state index in [9.17, 15) is 0 Å². The summed E-state index contributed by atoms with van der Waals surface area (Å²) >= 11 is 1.18. The Labute approximate surface area is 116 Å². The van der Waals surface area contributed by atoms with Crippen LogP contribution in [0.15, 0.2) is 0 Å². The summed E-state index contributed by atoms with van der Waals surface area (Å²) in [6.07, 6.45) is 1.89. The van der Waals surface area contributed by atoms with Crippen molar-refractivity contribution in [3.8, 4) is 17.2 Å². The molecule has 0 heterocycles. The molecule has 0 fully saturated rings. The third-order valence-electron chi connectivity index (χ3n) is 2.09. The molecule has 0 saturated heterocycles. The van der Waals surface area contributed by atoms with Gasteiger partial charge in [0.25, 0.3) is 0 Å². The van der Waals surface area contributed by atoms with Crippen LogP contribution in [0.5, 0.6) is 0 Å². The topological polar surface area (TPSA) is 45.0 Å². The van der Waals surface area contributed by atoms with Gasteiger partial charge >= 0.3 is 0 Å². The van der Waals surface area contributed by atoms with E-state index in [0.717, 1.165) is 19.4 Å².